The van der Waals surface area contributed by atoms with Crippen LogP contribution in [-0.4, -0.2) is 47.7 Å². The highest BCUT2D eigenvalue weighted by Gasteiger charge is 2.41. The molecular formula is C22H23FN2O5. The Balaban J connectivity index is 0.000000604. The molecule has 0 bridgehead atoms. The number of ether oxygens (including phenoxy) is 1. The third kappa shape index (κ3) is 5.41. The van der Waals surface area contributed by atoms with Gasteiger partial charge in [-0.05, 0) is 74.4 Å². The summed E-state index contributed by atoms with van der Waals surface area (Å²) in [6, 6.07) is 4.92. The van der Waals surface area contributed by atoms with Crippen LogP contribution in [0.4, 0.5) is 4.39 Å². The fourth-order valence-electron chi connectivity index (χ4n) is 3.14. The van der Waals surface area contributed by atoms with E-state index in [2.05, 4.69) is 6.07 Å². The molecule has 7 nitrogen and oxygen atoms in total. The molecule has 0 amide bonds. The summed E-state index contributed by atoms with van der Waals surface area (Å²) in [4.78, 5) is 20.2. The van der Waals surface area contributed by atoms with Gasteiger partial charge in [0.25, 0.3) is 0 Å². The number of aliphatic carboxylic acids is 2. The highest BCUT2D eigenvalue weighted by molar-refractivity contribution is 6.27. The van der Waals surface area contributed by atoms with Crippen LogP contribution in [0.25, 0.3) is 0 Å². The second kappa shape index (κ2) is 9.96. The minimum atomic E-state index is -1.82. The number of rotatable bonds is 5. The van der Waals surface area contributed by atoms with Crippen molar-refractivity contribution in [3.05, 3.63) is 70.4 Å². The monoisotopic (exact) mass is 418 g/mol. The first-order chi connectivity index (χ1) is 15.9. The number of halogens is 1. The Bertz CT molecular complexity index is 1130. The molecule has 0 spiro atoms. The number of fused-ring (bicyclic) bond motifs is 1. The minimum Gasteiger partial charge on any atom is -0.473 e. The van der Waals surface area contributed by atoms with Crippen molar-refractivity contribution >= 4 is 11.9 Å². The highest BCUT2D eigenvalue weighted by Crippen LogP contribution is 2.45. The van der Waals surface area contributed by atoms with Gasteiger partial charge in [0.2, 0.25) is 0 Å². The lowest BCUT2D eigenvalue weighted by Crippen LogP contribution is -2.28. The lowest BCUT2D eigenvalue weighted by Gasteiger charge is -2.31. The average molecular weight is 418 g/mol. The first-order valence-electron chi connectivity index (χ1n) is 10.9. The van der Waals surface area contributed by atoms with Crippen molar-refractivity contribution in [1.82, 2.24) is 4.90 Å². The third-order valence-electron chi connectivity index (χ3n) is 4.46. The fourth-order valence-corrected chi connectivity index (χ4v) is 3.14. The Morgan fingerprint density at radius 2 is 1.90 bits per heavy atom. The summed E-state index contributed by atoms with van der Waals surface area (Å²) in [6.07, 6.45) is 1.08. The minimum absolute atomic E-state index is 0.0473. The molecule has 0 fully saturated rings. The Hall–Kier alpha value is -3.28. The molecule has 3 rings (SSSR count). The number of nitrogens with zero attached hydrogens (tertiary/aromatic N) is 2. The predicted octanol–water partition coefficient (Wildman–Crippen LogP) is 2.97. The molecule has 1 heterocycles. The largest absolute Gasteiger partial charge is 0.473 e. The quantitative estimate of drug-likeness (QED) is 0.718. The number of carboxylic acid groups (broad SMARTS) is 2. The molecule has 2 aromatic carbocycles. The van der Waals surface area contributed by atoms with Crippen LogP contribution in [0.5, 0.6) is 0 Å². The average Bonchev–Trinajstić information content (AvgIpc) is 3.15. The molecule has 0 aliphatic carbocycles. The summed E-state index contributed by atoms with van der Waals surface area (Å²) >= 11 is 0. The van der Waals surface area contributed by atoms with E-state index >= 15 is 0 Å². The van der Waals surface area contributed by atoms with E-state index in [1.807, 2.05) is 19.0 Å². The summed E-state index contributed by atoms with van der Waals surface area (Å²) in [6.45, 7) is 0.920. The van der Waals surface area contributed by atoms with Crippen LogP contribution >= 0.6 is 0 Å². The van der Waals surface area contributed by atoms with E-state index < -0.39 is 47.5 Å². The Kier molecular flexibility index (Phi) is 5.83. The molecule has 0 aromatic heterocycles. The van der Waals surface area contributed by atoms with Crippen molar-refractivity contribution in [1.29, 1.82) is 5.26 Å². The maximum absolute atomic E-state index is 14.1. The molecule has 8 heteroatoms. The Labute approximate surface area is 179 Å². The standard InChI is InChI=1S/C20H21FN2O.C2H2O4/c1-23(2)11-3-10-20(17-5-7-18(21)8-6-17)19-9-4-15(13-22)12-16(19)14-24-20;3-1(4)2(5)6/h4-9,12H,3,10-11,14H2,1-2H3;(H,3,4)(H,5,6)/t20-;/m1./s1/i5D,6D,7D,8D;. The molecule has 158 valence electrons. The van der Waals surface area contributed by atoms with E-state index in [1.54, 1.807) is 18.2 Å². The summed E-state index contributed by atoms with van der Waals surface area (Å²) < 4.78 is 52.7. The lowest BCUT2D eigenvalue weighted by atomic mass is 9.81. The molecule has 1 aliphatic heterocycles. The third-order valence-corrected chi connectivity index (χ3v) is 4.46. The second-order valence-corrected chi connectivity index (χ2v) is 6.81. The Morgan fingerprint density at radius 1 is 1.27 bits per heavy atom. The first kappa shape index (κ1) is 17.6. The van der Waals surface area contributed by atoms with Crippen LogP contribution in [-0.2, 0) is 26.5 Å². The molecular weight excluding hydrogens is 391 g/mol. The predicted molar refractivity (Wildman–Crippen MR) is 106 cm³/mol. The van der Waals surface area contributed by atoms with Crippen LogP contribution in [0, 0.1) is 17.1 Å². The first-order valence-corrected chi connectivity index (χ1v) is 8.92. The number of hydrogen-bond donors (Lipinski definition) is 2. The molecule has 2 aromatic rings. The van der Waals surface area contributed by atoms with Crippen molar-refractivity contribution < 1.29 is 34.4 Å². The van der Waals surface area contributed by atoms with Gasteiger partial charge in [-0.2, -0.15) is 5.26 Å². The molecule has 1 atom stereocenters. The number of benzene rings is 2. The maximum Gasteiger partial charge on any atom is 0.414 e. The van der Waals surface area contributed by atoms with Crippen molar-refractivity contribution in [2.45, 2.75) is 25.0 Å². The number of hydrogen-bond acceptors (Lipinski definition) is 5. The topological polar surface area (TPSA) is 111 Å². The normalized spacial score (nSPS) is 18.8. The van der Waals surface area contributed by atoms with Gasteiger partial charge in [0.05, 0.1) is 23.7 Å². The van der Waals surface area contributed by atoms with E-state index in [9.17, 15) is 4.39 Å². The van der Waals surface area contributed by atoms with Gasteiger partial charge in [-0.3, -0.25) is 0 Å². The molecule has 0 unspecified atom stereocenters. The van der Waals surface area contributed by atoms with Crippen LogP contribution in [0.3, 0.4) is 0 Å². The zero-order chi connectivity index (χ0) is 25.8. The fraction of sp³-hybridized carbons (Fsp3) is 0.318. The van der Waals surface area contributed by atoms with Gasteiger partial charge < -0.3 is 19.8 Å². The zero-order valence-electron chi connectivity index (χ0n) is 20.5. The second-order valence-electron chi connectivity index (χ2n) is 6.81. The molecule has 1 aliphatic rings. The zero-order valence-corrected chi connectivity index (χ0v) is 16.5. The molecule has 0 radical (unpaired) electrons. The van der Waals surface area contributed by atoms with Crippen molar-refractivity contribution in [2.24, 2.45) is 0 Å². The molecule has 30 heavy (non-hydrogen) atoms. The summed E-state index contributed by atoms with van der Waals surface area (Å²) in [5.41, 5.74) is 0.784. The summed E-state index contributed by atoms with van der Waals surface area (Å²) in [5, 5.41) is 23.9. The van der Waals surface area contributed by atoms with E-state index in [1.165, 1.54) is 0 Å². The van der Waals surface area contributed by atoms with Gasteiger partial charge in [0.1, 0.15) is 11.4 Å². The van der Waals surface area contributed by atoms with E-state index in [0.29, 0.717) is 24.0 Å². The van der Waals surface area contributed by atoms with Gasteiger partial charge in [-0.15, -0.1) is 0 Å². The summed E-state index contributed by atoms with van der Waals surface area (Å²) in [5.74, 6) is -4.81. The van der Waals surface area contributed by atoms with Crippen molar-refractivity contribution in [2.75, 3.05) is 20.6 Å². The number of carbonyl (C=O) groups is 2. The molecule has 0 saturated carbocycles. The number of nitriles is 1. The lowest BCUT2D eigenvalue weighted by molar-refractivity contribution is -0.159. The smallest absolute Gasteiger partial charge is 0.414 e. The van der Waals surface area contributed by atoms with E-state index in [-0.39, 0.29) is 12.2 Å². The van der Waals surface area contributed by atoms with Crippen LogP contribution in [0.2, 0.25) is 0 Å². The van der Waals surface area contributed by atoms with Crippen LogP contribution < -0.4 is 0 Å². The van der Waals surface area contributed by atoms with Crippen molar-refractivity contribution in [3.8, 4) is 6.07 Å². The van der Waals surface area contributed by atoms with E-state index in [4.69, 9.17) is 35.3 Å². The highest BCUT2D eigenvalue weighted by atomic mass is 19.1. The van der Waals surface area contributed by atoms with Crippen LogP contribution in [0.15, 0.2) is 42.4 Å². The van der Waals surface area contributed by atoms with Gasteiger partial charge in [0.15, 0.2) is 0 Å². The molecule has 2 N–H and O–H groups in total. The molecule has 0 saturated heterocycles. The van der Waals surface area contributed by atoms with Gasteiger partial charge in [-0.25, -0.2) is 14.0 Å². The Morgan fingerprint density at radius 3 is 2.43 bits per heavy atom. The van der Waals surface area contributed by atoms with Gasteiger partial charge >= 0.3 is 11.9 Å². The van der Waals surface area contributed by atoms with Gasteiger partial charge in [-0.1, -0.05) is 18.2 Å². The van der Waals surface area contributed by atoms with Gasteiger partial charge in [0, 0.05) is 0 Å². The maximum atomic E-state index is 14.1. The van der Waals surface area contributed by atoms with E-state index in [0.717, 1.165) is 12.1 Å². The van der Waals surface area contributed by atoms with Crippen molar-refractivity contribution in [3.63, 3.8) is 0 Å². The summed E-state index contributed by atoms with van der Waals surface area (Å²) in [7, 11) is 3.87. The van der Waals surface area contributed by atoms with Crippen LogP contribution in [0.1, 0.15) is 40.6 Å². The SMILES string of the molecule is O=C(O)C(=O)O.[2H]c1c([2H])c([C@@]2(CCCN(C)C)OCc3cc(C#N)ccc32)c([2H])c([2H])c1F. The number of carboxylic acids is 2.